The summed E-state index contributed by atoms with van der Waals surface area (Å²) in [4.78, 5) is 23.8. The number of halogens is 2. The molecule has 0 spiro atoms. The lowest BCUT2D eigenvalue weighted by Gasteiger charge is -2.05. The molecular weight excluding hydrogens is 381 g/mol. The highest BCUT2D eigenvalue weighted by atomic mass is 35.5. The fourth-order valence-electron chi connectivity index (χ4n) is 2.12. The van der Waals surface area contributed by atoms with Crippen LogP contribution in [-0.2, 0) is 4.79 Å². The first-order valence-electron chi connectivity index (χ1n) is 7.48. The number of nitrogens with one attached hydrogen (secondary N) is 2. The van der Waals surface area contributed by atoms with Crippen LogP contribution in [-0.4, -0.2) is 31.4 Å². The molecule has 7 nitrogen and oxygen atoms in total. The fourth-order valence-corrected chi connectivity index (χ4v) is 2.58. The number of carbonyl (C=O) groups excluding carboxylic acids is 2. The Bertz CT molecular complexity index is 886. The third-order valence-electron chi connectivity index (χ3n) is 3.40. The van der Waals surface area contributed by atoms with E-state index in [-0.39, 0.29) is 13.3 Å². The van der Waals surface area contributed by atoms with Crippen LogP contribution >= 0.6 is 23.2 Å². The third kappa shape index (κ3) is 4.44. The van der Waals surface area contributed by atoms with E-state index in [1.165, 1.54) is 6.21 Å². The summed E-state index contributed by atoms with van der Waals surface area (Å²) in [5.41, 5.74) is 3.26. The number of hydrogen-bond donors (Lipinski definition) is 2. The van der Waals surface area contributed by atoms with Crippen molar-refractivity contribution in [3.8, 4) is 11.5 Å². The number of benzene rings is 2. The van der Waals surface area contributed by atoms with Gasteiger partial charge in [0.2, 0.25) is 6.79 Å². The third-order valence-corrected chi connectivity index (χ3v) is 3.96. The second kappa shape index (κ2) is 8.07. The lowest BCUT2D eigenvalue weighted by molar-refractivity contribution is -0.120. The summed E-state index contributed by atoms with van der Waals surface area (Å²) in [6.45, 7) is -0.114. The largest absolute Gasteiger partial charge is 0.454 e. The zero-order chi connectivity index (χ0) is 18.5. The molecule has 0 atom stereocenters. The molecule has 26 heavy (non-hydrogen) atoms. The van der Waals surface area contributed by atoms with Crippen LogP contribution in [0.2, 0.25) is 10.0 Å². The van der Waals surface area contributed by atoms with Gasteiger partial charge in [-0.2, -0.15) is 5.10 Å². The van der Waals surface area contributed by atoms with Gasteiger partial charge in [0.15, 0.2) is 11.5 Å². The van der Waals surface area contributed by atoms with Gasteiger partial charge in [0.25, 0.3) is 11.8 Å². The van der Waals surface area contributed by atoms with Crippen molar-refractivity contribution in [2.24, 2.45) is 5.10 Å². The van der Waals surface area contributed by atoms with Gasteiger partial charge >= 0.3 is 0 Å². The number of ether oxygens (including phenoxy) is 2. The van der Waals surface area contributed by atoms with E-state index in [0.717, 1.165) is 0 Å². The smallest absolute Gasteiger partial charge is 0.259 e. The number of fused-ring (bicyclic) bond motifs is 1. The van der Waals surface area contributed by atoms with E-state index in [2.05, 4.69) is 15.8 Å². The van der Waals surface area contributed by atoms with E-state index in [9.17, 15) is 9.59 Å². The molecule has 1 heterocycles. The SMILES string of the molecule is O=C(CNC(=O)c1ccc2c(c1)OCO2)NN=Cc1ccc(Cl)cc1Cl. The number of amides is 2. The summed E-state index contributed by atoms with van der Waals surface area (Å²) in [6, 6.07) is 9.66. The van der Waals surface area contributed by atoms with Gasteiger partial charge in [0.05, 0.1) is 17.8 Å². The lowest BCUT2D eigenvalue weighted by Crippen LogP contribution is -2.34. The Hall–Kier alpha value is -2.77. The normalized spacial score (nSPS) is 12.2. The van der Waals surface area contributed by atoms with E-state index in [4.69, 9.17) is 32.7 Å². The van der Waals surface area contributed by atoms with Crippen LogP contribution in [0.25, 0.3) is 0 Å². The van der Waals surface area contributed by atoms with Gasteiger partial charge in [-0.15, -0.1) is 0 Å². The molecule has 3 rings (SSSR count). The van der Waals surface area contributed by atoms with Crippen molar-refractivity contribution in [1.82, 2.24) is 10.7 Å². The number of hydrogen-bond acceptors (Lipinski definition) is 5. The molecule has 2 N–H and O–H groups in total. The van der Waals surface area contributed by atoms with Crippen LogP contribution in [0.3, 0.4) is 0 Å². The molecule has 9 heteroatoms. The Morgan fingerprint density at radius 2 is 1.92 bits per heavy atom. The van der Waals surface area contributed by atoms with Gasteiger partial charge in [-0.3, -0.25) is 9.59 Å². The molecular formula is C17H13Cl2N3O4. The summed E-state index contributed by atoms with van der Waals surface area (Å²) in [5.74, 6) is 0.171. The van der Waals surface area contributed by atoms with Gasteiger partial charge in [-0.25, -0.2) is 5.43 Å². The van der Waals surface area contributed by atoms with Crippen LogP contribution in [0, 0.1) is 0 Å². The van der Waals surface area contributed by atoms with Crippen molar-refractivity contribution in [2.45, 2.75) is 0 Å². The quantitative estimate of drug-likeness (QED) is 0.603. The maximum Gasteiger partial charge on any atom is 0.259 e. The van der Waals surface area contributed by atoms with Crippen molar-refractivity contribution in [3.63, 3.8) is 0 Å². The van der Waals surface area contributed by atoms with Crippen LogP contribution < -0.4 is 20.2 Å². The second-order valence-electron chi connectivity index (χ2n) is 5.21. The summed E-state index contributed by atoms with van der Waals surface area (Å²) < 4.78 is 10.4. The van der Waals surface area contributed by atoms with Gasteiger partial charge in [-0.1, -0.05) is 29.3 Å². The minimum Gasteiger partial charge on any atom is -0.454 e. The molecule has 2 aromatic rings. The van der Waals surface area contributed by atoms with Gasteiger partial charge in [0, 0.05) is 16.1 Å². The van der Waals surface area contributed by atoms with E-state index >= 15 is 0 Å². The van der Waals surface area contributed by atoms with Crippen LogP contribution in [0.15, 0.2) is 41.5 Å². The lowest BCUT2D eigenvalue weighted by atomic mass is 10.2. The predicted octanol–water partition coefficient (Wildman–Crippen LogP) is 2.60. The Morgan fingerprint density at radius 1 is 1.12 bits per heavy atom. The maximum atomic E-state index is 12.1. The summed E-state index contributed by atoms with van der Waals surface area (Å²) in [5, 5.41) is 7.19. The van der Waals surface area contributed by atoms with Gasteiger partial charge in [0.1, 0.15) is 0 Å². The first-order chi connectivity index (χ1) is 12.5. The highest BCUT2D eigenvalue weighted by Gasteiger charge is 2.16. The zero-order valence-electron chi connectivity index (χ0n) is 13.3. The van der Waals surface area contributed by atoms with Crippen molar-refractivity contribution >= 4 is 41.2 Å². The molecule has 2 amide bonds. The minimum absolute atomic E-state index is 0.123. The molecule has 1 aliphatic rings. The van der Waals surface area contributed by atoms with Crippen molar-refractivity contribution in [2.75, 3.05) is 13.3 Å². The second-order valence-corrected chi connectivity index (χ2v) is 6.05. The number of carbonyl (C=O) groups is 2. The maximum absolute atomic E-state index is 12.1. The molecule has 0 saturated carbocycles. The Balaban J connectivity index is 1.49. The number of rotatable bonds is 5. The molecule has 0 aromatic heterocycles. The molecule has 0 radical (unpaired) electrons. The molecule has 0 unspecified atom stereocenters. The van der Waals surface area contributed by atoms with Gasteiger partial charge < -0.3 is 14.8 Å². The Labute approximate surface area is 158 Å². The molecule has 0 aliphatic carbocycles. The van der Waals surface area contributed by atoms with Crippen molar-refractivity contribution in [3.05, 3.63) is 57.6 Å². The summed E-state index contributed by atoms with van der Waals surface area (Å²) in [7, 11) is 0. The number of nitrogens with zero attached hydrogens (tertiary/aromatic N) is 1. The van der Waals surface area contributed by atoms with Gasteiger partial charge in [-0.05, 0) is 30.3 Å². The topological polar surface area (TPSA) is 89.0 Å². The standard InChI is InChI=1S/C17H13Cl2N3O4/c18-12-3-1-11(13(19)6-12)7-21-22-16(23)8-20-17(24)10-2-4-14-15(5-10)26-9-25-14/h1-7H,8-9H2,(H,20,24)(H,22,23). The average Bonchev–Trinajstić information content (AvgIpc) is 3.09. The van der Waals surface area contributed by atoms with E-state index in [1.807, 2.05) is 0 Å². The molecule has 0 saturated heterocycles. The van der Waals surface area contributed by atoms with E-state index < -0.39 is 11.8 Å². The van der Waals surface area contributed by atoms with Crippen LogP contribution in [0.1, 0.15) is 15.9 Å². The molecule has 2 aromatic carbocycles. The number of hydrazone groups is 1. The molecule has 0 fully saturated rings. The zero-order valence-corrected chi connectivity index (χ0v) is 14.8. The first-order valence-corrected chi connectivity index (χ1v) is 8.23. The van der Waals surface area contributed by atoms with E-state index in [0.29, 0.717) is 32.7 Å². The predicted molar refractivity (Wildman–Crippen MR) is 97.1 cm³/mol. The Kier molecular flexibility index (Phi) is 5.60. The minimum atomic E-state index is -0.486. The highest BCUT2D eigenvalue weighted by molar-refractivity contribution is 6.36. The average molecular weight is 394 g/mol. The summed E-state index contributed by atoms with van der Waals surface area (Å²) >= 11 is 11.8. The summed E-state index contributed by atoms with van der Waals surface area (Å²) in [6.07, 6.45) is 1.39. The molecule has 0 bridgehead atoms. The van der Waals surface area contributed by atoms with Crippen molar-refractivity contribution < 1.29 is 19.1 Å². The molecule has 1 aliphatic heterocycles. The van der Waals surface area contributed by atoms with E-state index in [1.54, 1.807) is 36.4 Å². The molecule has 134 valence electrons. The first kappa shape index (κ1) is 18.0. The Morgan fingerprint density at radius 3 is 2.73 bits per heavy atom. The van der Waals surface area contributed by atoms with Crippen molar-refractivity contribution in [1.29, 1.82) is 0 Å². The van der Waals surface area contributed by atoms with Crippen LogP contribution in [0.5, 0.6) is 11.5 Å². The van der Waals surface area contributed by atoms with Crippen LogP contribution in [0.4, 0.5) is 0 Å². The monoisotopic (exact) mass is 393 g/mol. The fraction of sp³-hybridized carbons (Fsp3) is 0.118. The highest BCUT2D eigenvalue weighted by Crippen LogP contribution is 2.32.